The molecule has 2 heterocycles. The molecule has 30 heavy (non-hydrogen) atoms. The Balaban J connectivity index is 1.59. The molecule has 9 heteroatoms. The van der Waals surface area contributed by atoms with Crippen molar-refractivity contribution in [1.29, 1.82) is 0 Å². The van der Waals surface area contributed by atoms with Crippen LogP contribution < -0.4 is 10.2 Å². The molecule has 0 aromatic heterocycles. The number of benzene rings is 1. The van der Waals surface area contributed by atoms with Gasteiger partial charge in [-0.3, -0.25) is 9.69 Å². The Morgan fingerprint density at radius 3 is 2.33 bits per heavy atom. The standard InChI is InChI=1S/C21H30F3N5O/c1-3-25-20(28-13-11-27(12-14-28)16(2)21(22,23)24)26-15-17-6-8-18(9-7-17)29-10-4-5-19(29)30/h6-9,16H,3-5,10-15H2,1-2H3,(H,25,26). The van der Waals surface area contributed by atoms with Crippen LogP contribution in [-0.4, -0.2) is 73.2 Å². The second kappa shape index (κ2) is 9.68. The van der Waals surface area contributed by atoms with Crippen molar-refractivity contribution in [3.8, 4) is 0 Å². The maximum absolute atomic E-state index is 13.0. The summed E-state index contributed by atoms with van der Waals surface area (Å²) in [4.78, 5) is 21.8. The van der Waals surface area contributed by atoms with Crippen LogP contribution in [0.5, 0.6) is 0 Å². The van der Waals surface area contributed by atoms with Crippen molar-refractivity contribution in [1.82, 2.24) is 15.1 Å². The number of nitrogens with one attached hydrogen (secondary N) is 1. The van der Waals surface area contributed by atoms with E-state index in [0.717, 1.165) is 30.2 Å². The first-order valence-electron chi connectivity index (χ1n) is 10.5. The molecule has 1 atom stereocenters. The largest absolute Gasteiger partial charge is 0.403 e. The van der Waals surface area contributed by atoms with Gasteiger partial charge in [0.1, 0.15) is 6.04 Å². The quantitative estimate of drug-likeness (QED) is 0.582. The highest BCUT2D eigenvalue weighted by Gasteiger charge is 2.41. The van der Waals surface area contributed by atoms with Gasteiger partial charge in [0.05, 0.1) is 6.54 Å². The van der Waals surface area contributed by atoms with Gasteiger partial charge in [-0.25, -0.2) is 4.99 Å². The Morgan fingerprint density at radius 2 is 1.80 bits per heavy atom. The first-order chi connectivity index (χ1) is 14.3. The summed E-state index contributed by atoms with van der Waals surface area (Å²) in [5.74, 6) is 0.879. The van der Waals surface area contributed by atoms with Gasteiger partial charge < -0.3 is 15.1 Å². The van der Waals surface area contributed by atoms with E-state index < -0.39 is 12.2 Å². The highest BCUT2D eigenvalue weighted by Crippen LogP contribution is 2.25. The lowest BCUT2D eigenvalue weighted by atomic mass is 10.2. The summed E-state index contributed by atoms with van der Waals surface area (Å²) >= 11 is 0. The minimum absolute atomic E-state index is 0.161. The molecule has 6 nitrogen and oxygen atoms in total. The number of carbonyl (C=O) groups excluding carboxylic acids is 1. The maximum Gasteiger partial charge on any atom is 0.403 e. The lowest BCUT2D eigenvalue weighted by molar-refractivity contribution is -0.181. The normalized spacial score (nSPS) is 20.0. The number of piperazine rings is 1. The summed E-state index contributed by atoms with van der Waals surface area (Å²) in [6.45, 7) is 6.81. The van der Waals surface area contributed by atoms with Gasteiger partial charge in [0.2, 0.25) is 5.91 Å². The van der Waals surface area contributed by atoms with Crippen molar-refractivity contribution in [3.05, 3.63) is 29.8 Å². The van der Waals surface area contributed by atoms with Crippen molar-refractivity contribution in [2.45, 2.75) is 45.5 Å². The summed E-state index contributed by atoms with van der Waals surface area (Å²) in [5.41, 5.74) is 1.93. The van der Waals surface area contributed by atoms with E-state index in [9.17, 15) is 18.0 Å². The summed E-state index contributed by atoms with van der Waals surface area (Å²) < 4.78 is 38.9. The highest BCUT2D eigenvalue weighted by molar-refractivity contribution is 5.95. The fourth-order valence-corrected chi connectivity index (χ4v) is 3.82. The number of amides is 1. The van der Waals surface area contributed by atoms with E-state index in [4.69, 9.17) is 0 Å². The van der Waals surface area contributed by atoms with Gasteiger partial charge in [0.25, 0.3) is 0 Å². The molecule has 1 N–H and O–H groups in total. The van der Waals surface area contributed by atoms with Gasteiger partial charge in [0, 0.05) is 51.4 Å². The fourth-order valence-electron chi connectivity index (χ4n) is 3.82. The Bertz CT molecular complexity index is 742. The molecule has 0 radical (unpaired) electrons. The third kappa shape index (κ3) is 5.44. The molecule has 0 saturated carbocycles. The second-order valence-corrected chi connectivity index (χ2v) is 7.73. The molecule has 2 fully saturated rings. The average Bonchev–Trinajstić information content (AvgIpc) is 3.16. The highest BCUT2D eigenvalue weighted by atomic mass is 19.4. The van der Waals surface area contributed by atoms with Crippen LogP contribution in [0.25, 0.3) is 0 Å². The van der Waals surface area contributed by atoms with E-state index in [2.05, 4.69) is 10.3 Å². The van der Waals surface area contributed by atoms with Gasteiger partial charge in [-0.2, -0.15) is 13.2 Å². The van der Waals surface area contributed by atoms with E-state index in [1.807, 2.05) is 36.1 Å². The van der Waals surface area contributed by atoms with Crippen LogP contribution in [0, 0.1) is 0 Å². The summed E-state index contributed by atoms with van der Waals surface area (Å²) in [6.07, 6.45) is -2.70. The number of halogens is 3. The van der Waals surface area contributed by atoms with Gasteiger partial charge in [-0.15, -0.1) is 0 Å². The van der Waals surface area contributed by atoms with Gasteiger partial charge >= 0.3 is 6.18 Å². The SMILES string of the molecule is CCNC(=NCc1ccc(N2CCCC2=O)cc1)N1CCN(C(C)C(F)(F)F)CC1. The third-order valence-corrected chi connectivity index (χ3v) is 5.70. The van der Waals surface area contributed by atoms with Crippen LogP contribution in [0.1, 0.15) is 32.3 Å². The van der Waals surface area contributed by atoms with Gasteiger partial charge in [-0.05, 0) is 38.0 Å². The minimum Gasteiger partial charge on any atom is -0.357 e. The number of anilines is 1. The van der Waals surface area contributed by atoms with Crippen LogP contribution >= 0.6 is 0 Å². The van der Waals surface area contributed by atoms with E-state index >= 15 is 0 Å². The summed E-state index contributed by atoms with van der Waals surface area (Å²) in [6, 6.07) is 6.39. The molecule has 1 aromatic rings. The van der Waals surface area contributed by atoms with Gasteiger partial charge in [-0.1, -0.05) is 12.1 Å². The molecule has 2 saturated heterocycles. The molecule has 0 bridgehead atoms. The van der Waals surface area contributed by atoms with Crippen LogP contribution in [0.2, 0.25) is 0 Å². The van der Waals surface area contributed by atoms with Crippen molar-refractivity contribution in [3.63, 3.8) is 0 Å². The first kappa shape index (κ1) is 22.4. The van der Waals surface area contributed by atoms with Crippen LogP contribution in [-0.2, 0) is 11.3 Å². The lowest BCUT2D eigenvalue weighted by Crippen LogP contribution is -2.56. The van der Waals surface area contributed by atoms with E-state index in [-0.39, 0.29) is 5.91 Å². The number of alkyl halides is 3. The zero-order valence-electron chi connectivity index (χ0n) is 17.6. The Labute approximate surface area is 175 Å². The van der Waals surface area contributed by atoms with E-state index in [0.29, 0.717) is 45.7 Å². The number of hydrogen-bond donors (Lipinski definition) is 1. The molecular formula is C21H30F3N5O. The molecule has 1 unspecified atom stereocenters. The topological polar surface area (TPSA) is 51.2 Å². The molecule has 1 aromatic carbocycles. The van der Waals surface area contributed by atoms with Crippen LogP contribution in [0.3, 0.4) is 0 Å². The fraction of sp³-hybridized carbons (Fsp3) is 0.619. The Kier molecular flexibility index (Phi) is 7.23. The average molecular weight is 425 g/mol. The molecule has 0 aliphatic carbocycles. The van der Waals surface area contributed by atoms with Crippen LogP contribution in [0.15, 0.2) is 29.3 Å². The third-order valence-electron chi connectivity index (χ3n) is 5.70. The molecule has 166 valence electrons. The molecule has 2 aliphatic heterocycles. The molecule has 3 rings (SSSR count). The number of hydrogen-bond acceptors (Lipinski definition) is 3. The number of guanidine groups is 1. The Morgan fingerprint density at radius 1 is 1.13 bits per heavy atom. The maximum atomic E-state index is 13.0. The van der Waals surface area contributed by atoms with Crippen LogP contribution in [0.4, 0.5) is 18.9 Å². The predicted octanol–water partition coefficient (Wildman–Crippen LogP) is 2.85. The summed E-state index contributed by atoms with van der Waals surface area (Å²) in [5, 5.41) is 3.24. The number of nitrogens with zero attached hydrogens (tertiary/aromatic N) is 4. The number of rotatable bonds is 5. The van der Waals surface area contributed by atoms with Gasteiger partial charge in [0.15, 0.2) is 5.96 Å². The predicted molar refractivity (Wildman–Crippen MR) is 112 cm³/mol. The smallest absolute Gasteiger partial charge is 0.357 e. The molecule has 0 spiro atoms. The monoisotopic (exact) mass is 425 g/mol. The molecule has 1 amide bonds. The van der Waals surface area contributed by atoms with E-state index in [1.165, 1.54) is 11.8 Å². The zero-order valence-corrected chi connectivity index (χ0v) is 17.6. The number of aliphatic imine (C=N–C) groups is 1. The van der Waals surface area contributed by atoms with E-state index in [1.54, 1.807) is 4.90 Å². The van der Waals surface area contributed by atoms with Crippen molar-refractivity contribution < 1.29 is 18.0 Å². The summed E-state index contributed by atoms with van der Waals surface area (Å²) in [7, 11) is 0. The Hall–Kier alpha value is -2.29. The van der Waals surface area contributed by atoms with Crippen molar-refractivity contribution >= 4 is 17.6 Å². The van der Waals surface area contributed by atoms with Crippen molar-refractivity contribution in [2.75, 3.05) is 44.2 Å². The molecular weight excluding hydrogens is 395 g/mol. The first-order valence-corrected chi connectivity index (χ1v) is 10.5. The zero-order chi connectivity index (χ0) is 21.7. The lowest BCUT2D eigenvalue weighted by Gasteiger charge is -2.39. The minimum atomic E-state index is -4.20. The molecule has 2 aliphatic rings. The second-order valence-electron chi connectivity index (χ2n) is 7.73. The van der Waals surface area contributed by atoms with Crippen molar-refractivity contribution in [2.24, 2.45) is 4.99 Å². The number of carbonyl (C=O) groups is 1.